The summed E-state index contributed by atoms with van der Waals surface area (Å²) >= 11 is 3.46. The number of benzene rings is 4. The van der Waals surface area contributed by atoms with E-state index < -0.39 is 28.5 Å². The largest absolute Gasteiger partial charge is 0.497 e. The minimum Gasteiger partial charge on any atom is -0.497 e. The molecule has 0 heterocycles. The Morgan fingerprint density at radius 3 is 2.02 bits per heavy atom. The van der Waals surface area contributed by atoms with Crippen molar-refractivity contribution >= 4 is 43.5 Å². The predicted octanol–water partition coefficient (Wildman–Crippen LogP) is 6.09. The maximum absolute atomic E-state index is 14.8. The molecule has 4 aromatic carbocycles. The summed E-state index contributed by atoms with van der Waals surface area (Å²) in [4.78, 5) is 30.1. The molecule has 0 bridgehead atoms. The third-order valence-electron chi connectivity index (χ3n) is 8.10. The number of carbonyl (C=O) groups is 2. The molecule has 0 fully saturated rings. The quantitative estimate of drug-likeness (QED) is 0.137. The van der Waals surface area contributed by atoms with E-state index in [1.807, 2.05) is 68.4 Å². The maximum atomic E-state index is 14.8. The van der Waals surface area contributed by atoms with Crippen molar-refractivity contribution in [3.05, 3.63) is 107 Å². The number of nitrogens with zero attached hydrogens (tertiary/aromatic N) is 2. The van der Waals surface area contributed by atoms with Gasteiger partial charge in [0, 0.05) is 36.1 Å². The monoisotopic (exact) mass is 781 g/mol. The molecular weight excluding hydrogens is 738 g/mol. The summed E-state index contributed by atoms with van der Waals surface area (Å²) in [6.07, 6.45) is 0.192. The lowest BCUT2D eigenvalue weighted by Gasteiger charge is -2.34. The zero-order valence-electron chi connectivity index (χ0n) is 29.6. The van der Waals surface area contributed by atoms with Gasteiger partial charge in [-0.05, 0) is 53.4 Å². The summed E-state index contributed by atoms with van der Waals surface area (Å²) in [7, 11) is 1.21. The molecule has 51 heavy (non-hydrogen) atoms. The van der Waals surface area contributed by atoms with Gasteiger partial charge in [0.1, 0.15) is 24.1 Å². The summed E-state index contributed by atoms with van der Waals surface area (Å²) in [6.45, 7) is 3.70. The van der Waals surface area contributed by atoms with Crippen molar-refractivity contribution < 1.29 is 37.0 Å². The number of amides is 2. The molecule has 13 heteroatoms. The fraction of sp³-hybridized carbons (Fsp3) is 0.316. The van der Waals surface area contributed by atoms with E-state index in [4.69, 9.17) is 18.9 Å². The van der Waals surface area contributed by atoms with Crippen LogP contribution in [0.5, 0.6) is 23.0 Å². The first-order valence-corrected chi connectivity index (χ1v) is 18.5. The first kappa shape index (κ1) is 39.0. The molecule has 0 aromatic heterocycles. The van der Waals surface area contributed by atoms with E-state index in [1.165, 1.54) is 57.6 Å². The van der Waals surface area contributed by atoms with Gasteiger partial charge in [0.25, 0.3) is 10.0 Å². The number of carbonyl (C=O) groups excluding carboxylic acids is 2. The molecule has 0 aliphatic heterocycles. The third kappa shape index (κ3) is 9.95. The lowest BCUT2D eigenvalue weighted by Crippen LogP contribution is -2.53. The zero-order chi connectivity index (χ0) is 37.1. The smallest absolute Gasteiger partial charge is 0.265 e. The fourth-order valence-electron chi connectivity index (χ4n) is 5.37. The second-order valence-electron chi connectivity index (χ2n) is 12.1. The van der Waals surface area contributed by atoms with Gasteiger partial charge in [0.15, 0.2) is 11.5 Å². The summed E-state index contributed by atoms with van der Waals surface area (Å²) in [5, 5.41) is 3.00. The summed E-state index contributed by atoms with van der Waals surface area (Å²) < 4.78 is 53.0. The Balaban J connectivity index is 1.89. The highest BCUT2D eigenvalue weighted by atomic mass is 79.9. The van der Waals surface area contributed by atoms with E-state index in [0.717, 1.165) is 19.9 Å². The minimum absolute atomic E-state index is 0.0260. The van der Waals surface area contributed by atoms with Crippen LogP contribution in [-0.4, -0.2) is 72.7 Å². The number of anilines is 1. The van der Waals surface area contributed by atoms with Crippen LogP contribution in [0, 0.1) is 5.92 Å². The summed E-state index contributed by atoms with van der Waals surface area (Å²) in [6, 6.07) is 24.6. The van der Waals surface area contributed by atoms with Gasteiger partial charge in [-0.2, -0.15) is 0 Å². The minimum atomic E-state index is -4.49. The molecule has 1 N–H and O–H groups in total. The van der Waals surface area contributed by atoms with E-state index >= 15 is 0 Å². The molecule has 1 atom stereocenters. The van der Waals surface area contributed by atoms with E-state index in [-0.39, 0.29) is 46.9 Å². The third-order valence-corrected chi connectivity index (χ3v) is 10.4. The number of hydrogen-bond donors (Lipinski definition) is 1. The highest BCUT2D eigenvalue weighted by Crippen LogP contribution is 2.38. The Kier molecular flexibility index (Phi) is 13.7. The van der Waals surface area contributed by atoms with Gasteiger partial charge >= 0.3 is 0 Å². The number of ether oxygens (including phenoxy) is 4. The molecule has 0 saturated carbocycles. The van der Waals surface area contributed by atoms with Crippen molar-refractivity contribution in [2.45, 2.75) is 37.8 Å². The van der Waals surface area contributed by atoms with Crippen LogP contribution >= 0.6 is 15.9 Å². The summed E-state index contributed by atoms with van der Waals surface area (Å²) in [5.74, 6) is 0.220. The second kappa shape index (κ2) is 18.0. The van der Waals surface area contributed by atoms with Gasteiger partial charge in [0.2, 0.25) is 11.8 Å². The van der Waals surface area contributed by atoms with E-state index in [1.54, 1.807) is 12.1 Å². The van der Waals surface area contributed by atoms with Crippen LogP contribution in [0.15, 0.2) is 100 Å². The van der Waals surface area contributed by atoms with Crippen molar-refractivity contribution in [1.82, 2.24) is 10.2 Å². The molecule has 4 rings (SSSR count). The number of rotatable bonds is 17. The summed E-state index contributed by atoms with van der Waals surface area (Å²) in [5.41, 5.74) is 1.64. The molecule has 11 nitrogen and oxygen atoms in total. The number of hydrogen-bond acceptors (Lipinski definition) is 8. The van der Waals surface area contributed by atoms with E-state index in [0.29, 0.717) is 18.0 Å². The highest BCUT2D eigenvalue weighted by Gasteiger charge is 2.36. The van der Waals surface area contributed by atoms with Gasteiger partial charge in [-0.25, -0.2) is 8.42 Å². The fourth-order valence-corrected chi connectivity index (χ4v) is 7.07. The van der Waals surface area contributed by atoms with Crippen molar-refractivity contribution in [3.63, 3.8) is 0 Å². The van der Waals surface area contributed by atoms with Crippen LogP contribution in [0.25, 0.3) is 0 Å². The van der Waals surface area contributed by atoms with Gasteiger partial charge < -0.3 is 29.2 Å². The topological polar surface area (TPSA) is 124 Å². The first-order chi connectivity index (χ1) is 24.4. The van der Waals surface area contributed by atoms with Crippen LogP contribution < -0.4 is 28.6 Å². The van der Waals surface area contributed by atoms with Gasteiger partial charge in [-0.15, -0.1) is 0 Å². The van der Waals surface area contributed by atoms with Crippen LogP contribution in [0.1, 0.15) is 25.0 Å². The normalized spacial score (nSPS) is 11.8. The Morgan fingerprint density at radius 2 is 1.41 bits per heavy atom. The Bertz CT molecular complexity index is 1890. The number of sulfonamides is 1. The zero-order valence-corrected chi connectivity index (χ0v) is 32.0. The molecule has 0 radical (unpaired) electrons. The van der Waals surface area contributed by atoms with Crippen molar-refractivity contribution in [2.24, 2.45) is 5.92 Å². The van der Waals surface area contributed by atoms with E-state index in [2.05, 4.69) is 21.2 Å². The second-order valence-corrected chi connectivity index (χ2v) is 14.8. The Hall–Kier alpha value is -4.75. The molecule has 272 valence electrons. The number of methoxy groups -OCH3 is 4. The average molecular weight is 783 g/mol. The molecule has 0 saturated heterocycles. The van der Waals surface area contributed by atoms with Crippen molar-refractivity contribution in [3.8, 4) is 23.0 Å². The SMILES string of the molecule is COc1ccc(OC)c(N(CC(=O)N(Cc2ccc(Br)cc2)C(Cc2ccccc2)C(=O)NCC(C)C)S(=O)(=O)c2ccc(OC)c(OC)c2)c1. The molecule has 1 unspecified atom stereocenters. The van der Waals surface area contributed by atoms with Gasteiger partial charge in [0.05, 0.1) is 39.0 Å². The Labute approximate surface area is 308 Å². The van der Waals surface area contributed by atoms with Gasteiger partial charge in [-0.3, -0.25) is 13.9 Å². The molecule has 2 amide bonds. The van der Waals surface area contributed by atoms with Gasteiger partial charge in [-0.1, -0.05) is 72.2 Å². The maximum Gasteiger partial charge on any atom is 0.265 e. The van der Waals surface area contributed by atoms with Crippen molar-refractivity contribution in [2.75, 3.05) is 45.8 Å². The predicted molar refractivity (Wildman–Crippen MR) is 200 cm³/mol. The average Bonchev–Trinajstić information content (AvgIpc) is 3.14. The van der Waals surface area contributed by atoms with Crippen molar-refractivity contribution in [1.29, 1.82) is 0 Å². The molecule has 0 aliphatic rings. The van der Waals surface area contributed by atoms with Crippen LogP contribution in [0.4, 0.5) is 5.69 Å². The molecule has 0 spiro atoms. The standard InChI is InChI=1S/C38H44BrN3O8S/c1-26(2)23-40-38(44)33(20-27-10-8-7-9-11-27)41(24-28-12-14-29(39)15-13-28)37(43)25-42(32-21-30(47-3)16-18-34(32)48-4)51(45,46)31-17-19-35(49-5)36(22-31)50-6/h7-19,21-22,26,33H,20,23-25H2,1-6H3,(H,40,44). The van der Waals surface area contributed by atoms with E-state index in [9.17, 15) is 18.0 Å². The molecule has 0 aliphatic carbocycles. The lowest BCUT2D eigenvalue weighted by molar-refractivity contribution is -0.140. The Morgan fingerprint density at radius 1 is 0.765 bits per heavy atom. The molecule has 4 aromatic rings. The van der Waals surface area contributed by atoms with Crippen LogP contribution in [0.2, 0.25) is 0 Å². The highest BCUT2D eigenvalue weighted by molar-refractivity contribution is 9.10. The van der Waals surface area contributed by atoms with Crippen LogP contribution in [0.3, 0.4) is 0 Å². The first-order valence-electron chi connectivity index (χ1n) is 16.2. The number of halogens is 1. The lowest BCUT2D eigenvalue weighted by atomic mass is 10.0. The number of nitrogens with one attached hydrogen (secondary N) is 1. The van der Waals surface area contributed by atoms with Crippen LogP contribution in [-0.2, 0) is 32.6 Å². The molecular formula is C38H44BrN3O8S.